The minimum Gasteiger partial charge on any atom is -0.462 e. The lowest BCUT2D eigenvalue weighted by atomic mass is 9.44. The third-order valence-corrected chi connectivity index (χ3v) is 16.0. The molecule has 4 aliphatic carbocycles. The summed E-state index contributed by atoms with van der Waals surface area (Å²) in [6, 6.07) is 0. The summed E-state index contributed by atoms with van der Waals surface area (Å²) in [7, 11) is 0. The largest absolute Gasteiger partial charge is 0.462 e. The fourth-order valence-corrected chi connectivity index (χ4v) is 12.1. The van der Waals surface area contributed by atoms with E-state index in [-0.39, 0.29) is 21.8 Å². The Morgan fingerprint density at radius 2 is 1.73 bits per heavy atom. The van der Waals surface area contributed by atoms with E-state index in [9.17, 15) is 4.79 Å². The van der Waals surface area contributed by atoms with Crippen LogP contribution in [-0.4, -0.2) is 21.2 Å². The van der Waals surface area contributed by atoms with Crippen LogP contribution >= 0.6 is 31.9 Å². The molecule has 37 heavy (non-hydrogen) atoms. The molecular weight excluding hydrogens is 588 g/mol. The topological polar surface area (TPSA) is 26.3 Å². The molecular formula is C33H56Br2O2. The first-order valence-electron chi connectivity index (χ1n) is 15.9. The van der Waals surface area contributed by atoms with Crippen molar-refractivity contribution in [3.05, 3.63) is 0 Å². The van der Waals surface area contributed by atoms with Crippen molar-refractivity contribution >= 4 is 37.8 Å². The highest BCUT2D eigenvalue weighted by molar-refractivity contribution is 9.12. The Bertz CT molecular complexity index is 799. The van der Waals surface area contributed by atoms with Gasteiger partial charge in [0.15, 0.2) is 0 Å². The number of ether oxygens (including phenoxy) is 1. The molecule has 4 heteroatoms. The van der Waals surface area contributed by atoms with E-state index in [1.54, 1.807) is 0 Å². The number of rotatable bonds is 9. The molecule has 0 heterocycles. The quantitative estimate of drug-likeness (QED) is 0.184. The third kappa shape index (κ3) is 5.65. The van der Waals surface area contributed by atoms with Crippen LogP contribution in [0.4, 0.5) is 0 Å². The van der Waals surface area contributed by atoms with E-state index in [2.05, 4.69) is 80.3 Å². The summed E-state index contributed by atoms with van der Waals surface area (Å²) in [5, 5.41) is 0. The number of carbonyl (C=O) groups is 1. The summed E-state index contributed by atoms with van der Waals surface area (Å²) >= 11 is 8.62. The average molecular weight is 645 g/mol. The molecule has 0 saturated heterocycles. The Morgan fingerprint density at radius 1 is 1.00 bits per heavy atom. The van der Waals surface area contributed by atoms with Gasteiger partial charge in [-0.1, -0.05) is 106 Å². The van der Waals surface area contributed by atoms with Crippen LogP contribution in [0.15, 0.2) is 0 Å². The number of hydrogen-bond acceptors (Lipinski definition) is 2. The number of esters is 1. The van der Waals surface area contributed by atoms with E-state index in [1.165, 1.54) is 57.8 Å². The van der Waals surface area contributed by atoms with E-state index in [0.29, 0.717) is 22.6 Å². The van der Waals surface area contributed by atoms with Crippen LogP contribution in [0, 0.1) is 52.3 Å². The first-order chi connectivity index (χ1) is 17.4. The fraction of sp³-hybridized carbons (Fsp3) is 0.970. The molecule has 4 fully saturated rings. The van der Waals surface area contributed by atoms with Gasteiger partial charge in [-0.15, -0.1) is 0 Å². The summed E-state index contributed by atoms with van der Waals surface area (Å²) in [6.45, 7) is 16.9. The second-order valence-electron chi connectivity index (χ2n) is 15.0. The first-order valence-corrected chi connectivity index (χ1v) is 17.6. The van der Waals surface area contributed by atoms with Crippen LogP contribution in [0.5, 0.6) is 0 Å². The zero-order valence-corrected chi connectivity index (χ0v) is 28.1. The van der Waals surface area contributed by atoms with Crippen molar-refractivity contribution in [1.29, 1.82) is 0 Å². The molecule has 4 aliphatic rings. The predicted octanol–water partition coefficient (Wildman–Crippen LogP) is 10.3. The summed E-state index contributed by atoms with van der Waals surface area (Å²) in [6.07, 6.45) is 15.9. The molecule has 4 saturated carbocycles. The number of halogens is 2. The van der Waals surface area contributed by atoms with E-state index >= 15 is 0 Å². The normalized spacial score (nSPS) is 45.0. The van der Waals surface area contributed by atoms with Gasteiger partial charge >= 0.3 is 5.97 Å². The van der Waals surface area contributed by atoms with Crippen molar-refractivity contribution in [1.82, 2.24) is 0 Å². The lowest BCUT2D eigenvalue weighted by molar-refractivity contribution is -0.159. The molecule has 0 spiro atoms. The van der Waals surface area contributed by atoms with Crippen LogP contribution < -0.4 is 0 Å². The minimum absolute atomic E-state index is 0.00630. The van der Waals surface area contributed by atoms with E-state index in [1.807, 2.05) is 0 Å². The smallest absolute Gasteiger partial charge is 0.306 e. The predicted molar refractivity (Wildman–Crippen MR) is 163 cm³/mol. The van der Waals surface area contributed by atoms with E-state index in [4.69, 9.17) is 4.74 Å². The van der Waals surface area contributed by atoms with Gasteiger partial charge in [0.05, 0.1) is 0 Å². The van der Waals surface area contributed by atoms with Crippen molar-refractivity contribution < 1.29 is 9.53 Å². The highest BCUT2D eigenvalue weighted by Crippen LogP contribution is 2.71. The second kappa shape index (κ2) is 11.7. The van der Waals surface area contributed by atoms with Crippen molar-refractivity contribution in [2.45, 2.75) is 147 Å². The van der Waals surface area contributed by atoms with Crippen LogP contribution in [0.2, 0.25) is 0 Å². The van der Waals surface area contributed by atoms with Crippen LogP contribution in [-0.2, 0) is 9.53 Å². The van der Waals surface area contributed by atoms with E-state index in [0.717, 1.165) is 54.8 Å². The van der Waals surface area contributed by atoms with E-state index < -0.39 is 0 Å². The second-order valence-corrected chi connectivity index (χ2v) is 17.5. The Labute approximate surface area is 245 Å². The number of fused-ring (bicyclic) bond motifs is 5. The van der Waals surface area contributed by atoms with Gasteiger partial charge in [-0.05, 0) is 97.2 Å². The Hall–Kier alpha value is 0.430. The Kier molecular flexibility index (Phi) is 9.64. The van der Waals surface area contributed by atoms with Gasteiger partial charge < -0.3 is 4.74 Å². The van der Waals surface area contributed by atoms with Crippen LogP contribution in [0.1, 0.15) is 132 Å². The lowest BCUT2D eigenvalue weighted by Crippen LogP contribution is -2.64. The number of carbonyl (C=O) groups excluding carboxylic acids is 1. The molecule has 0 unspecified atom stereocenters. The van der Waals surface area contributed by atoms with Crippen molar-refractivity contribution in [2.24, 2.45) is 52.3 Å². The maximum absolute atomic E-state index is 12.6. The highest BCUT2D eigenvalue weighted by Gasteiger charge is 2.67. The maximum atomic E-state index is 12.6. The fourth-order valence-electron chi connectivity index (χ4n) is 9.94. The SMILES string of the molecule is CC[C@H](C)CC(=O)O[C@H]1CC[C@]2(C)[C@@H]3CC[C@@]4(C)[C@H](CC[C@H]4[C@H](C)CCCC(C)C)[C@H]3C[C@H](Br)[C@@]2(Br)C1. The molecule has 0 N–H and O–H groups in total. The van der Waals surface area contributed by atoms with Gasteiger partial charge in [0.25, 0.3) is 0 Å². The Morgan fingerprint density at radius 3 is 2.41 bits per heavy atom. The molecule has 214 valence electrons. The van der Waals surface area contributed by atoms with Crippen molar-refractivity contribution in [2.75, 3.05) is 0 Å². The van der Waals surface area contributed by atoms with Crippen LogP contribution in [0.25, 0.3) is 0 Å². The van der Waals surface area contributed by atoms with Gasteiger partial charge in [-0.25, -0.2) is 0 Å². The third-order valence-electron chi connectivity index (χ3n) is 12.4. The molecule has 0 bridgehead atoms. The molecule has 0 aliphatic heterocycles. The molecule has 0 amide bonds. The molecule has 0 aromatic rings. The monoisotopic (exact) mass is 642 g/mol. The highest BCUT2D eigenvalue weighted by atomic mass is 79.9. The minimum atomic E-state index is 0.00630. The standard InChI is InChI=1S/C33H56Br2O2/c1-8-22(4)18-30(36)37-24-14-17-32(7)28-15-16-31(6)26(23(5)11-9-10-21(2)3)12-13-27(31)25(28)19-29(34)33(32,35)20-24/h21-29H,8-20H2,1-7H3/t22-,23+,24-,25+,26-,27+,28+,29-,31+,32+,33-/m0/s1. The van der Waals surface area contributed by atoms with Gasteiger partial charge in [0, 0.05) is 22.0 Å². The van der Waals surface area contributed by atoms with Gasteiger partial charge in [-0.2, -0.15) is 0 Å². The van der Waals surface area contributed by atoms with Gasteiger partial charge in [0.1, 0.15) is 6.10 Å². The molecule has 11 atom stereocenters. The zero-order valence-electron chi connectivity index (χ0n) is 25.0. The molecule has 2 nitrogen and oxygen atoms in total. The first kappa shape index (κ1) is 30.4. The summed E-state index contributed by atoms with van der Waals surface area (Å²) in [5.41, 5.74) is 0.780. The summed E-state index contributed by atoms with van der Waals surface area (Å²) < 4.78 is 6.10. The maximum Gasteiger partial charge on any atom is 0.306 e. The van der Waals surface area contributed by atoms with Crippen LogP contribution in [0.3, 0.4) is 0 Å². The molecule has 0 aromatic carbocycles. The molecule has 4 rings (SSSR count). The lowest BCUT2D eigenvalue weighted by Gasteiger charge is -2.66. The Balaban J connectivity index is 1.46. The number of hydrogen-bond donors (Lipinski definition) is 0. The summed E-state index contributed by atoms with van der Waals surface area (Å²) in [4.78, 5) is 13.1. The molecule has 0 radical (unpaired) electrons. The zero-order chi connectivity index (χ0) is 27.2. The van der Waals surface area contributed by atoms with Gasteiger partial charge in [0.2, 0.25) is 0 Å². The van der Waals surface area contributed by atoms with Crippen molar-refractivity contribution in [3.63, 3.8) is 0 Å². The summed E-state index contributed by atoms with van der Waals surface area (Å²) in [5.74, 6) is 5.50. The van der Waals surface area contributed by atoms with Gasteiger partial charge in [-0.3, -0.25) is 4.79 Å². The molecule has 0 aromatic heterocycles. The van der Waals surface area contributed by atoms with Crippen molar-refractivity contribution in [3.8, 4) is 0 Å². The average Bonchev–Trinajstić information content (AvgIpc) is 3.18. The number of alkyl halides is 2.